The lowest BCUT2D eigenvalue weighted by molar-refractivity contribution is 0.0958. The number of nitrogens with one attached hydrogen (secondary N) is 2. The fraction of sp³-hybridized carbons (Fsp3) is 0.350. The molecule has 27 heavy (non-hydrogen) atoms. The molecule has 1 amide bonds. The molecule has 0 aliphatic carbocycles. The Morgan fingerprint density at radius 1 is 1.11 bits per heavy atom. The largest absolute Gasteiger partial charge is 0.491 e. The number of carbonyl (C=O) groups excluding carboxylic acids is 1. The summed E-state index contributed by atoms with van der Waals surface area (Å²) in [7, 11) is -2.14. The first kappa shape index (κ1) is 20.9. The van der Waals surface area contributed by atoms with Crippen molar-refractivity contribution >= 4 is 15.9 Å². The second-order valence-corrected chi connectivity index (χ2v) is 8.29. The third-order valence-corrected chi connectivity index (χ3v) is 5.97. The van der Waals surface area contributed by atoms with E-state index in [0.29, 0.717) is 27.3 Å². The first-order valence-corrected chi connectivity index (χ1v) is 10.2. The van der Waals surface area contributed by atoms with Crippen molar-refractivity contribution in [1.29, 1.82) is 0 Å². The molecule has 0 aliphatic rings. The summed E-state index contributed by atoms with van der Waals surface area (Å²) in [5.41, 5.74) is 2.84. The Balaban J connectivity index is 2.13. The van der Waals surface area contributed by atoms with Crippen LogP contribution >= 0.6 is 0 Å². The van der Waals surface area contributed by atoms with Gasteiger partial charge in [-0.25, -0.2) is 13.1 Å². The first-order chi connectivity index (χ1) is 12.7. The highest BCUT2D eigenvalue weighted by molar-refractivity contribution is 7.89. The lowest BCUT2D eigenvalue weighted by Crippen LogP contribution is -2.37. The molecule has 1 unspecified atom stereocenters. The fourth-order valence-electron chi connectivity index (χ4n) is 3.08. The molecule has 0 aromatic heterocycles. The highest BCUT2D eigenvalue weighted by atomic mass is 32.2. The van der Waals surface area contributed by atoms with Crippen LogP contribution in [0.3, 0.4) is 0 Å². The number of para-hydroxylation sites is 1. The summed E-state index contributed by atoms with van der Waals surface area (Å²) in [6.07, 6.45) is 0. The molecular formula is C20H26N2O4S. The van der Waals surface area contributed by atoms with Crippen LogP contribution in [0, 0.1) is 20.8 Å². The molecule has 1 atom stereocenters. The topological polar surface area (TPSA) is 84.5 Å². The van der Waals surface area contributed by atoms with Gasteiger partial charge in [-0.05, 0) is 51.0 Å². The van der Waals surface area contributed by atoms with E-state index in [1.807, 2.05) is 19.1 Å². The van der Waals surface area contributed by atoms with Crippen LogP contribution in [-0.2, 0) is 10.0 Å². The van der Waals surface area contributed by atoms with E-state index in [1.165, 1.54) is 0 Å². The van der Waals surface area contributed by atoms with Crippen LogP contribution < -0.4 is 14.8 Å². The van der Waals surface area contributed by atoms with E-state index >= 15 is 0 Å². The number of benzene rings is 2. The minimum atomic E-state index is -3.68. The van der Waals surface area contributed by atoms with Gasteiger partial charge in [0.25, 0.3) is 5.91 Å². The summed E-state index contributed by atoms with van der Waals surface area (Å²) < 4.78 is 33.9. The van der Waals surface area contributed by atoms with Crippen molar-refractivity contribution < 1.29 is 17.9 Å². The average Bonchev–Trinajstić information content (AvgIpc) is 2.57. The van der Waals surface area contributed by atoms with Crippen molar-refractivity contribution in [2.45, 2.75) is 38.6 Å². The molecule has 146 valence electrons. The molecule has 2 N–H and O–H groups in total. The lowest BCUT2D eigenvalue weighted by Gasteiger charge is -2.18. The van der Waals surface area contributed by atoms with Gasteiger partial charge in [0.15, 0.2) is 0 Å². The SMILES string of the molecule is CNC(=O)c1ccccc1OCC(C)NS(=O)(=O)c1c(C)cc(C)cc1C. The van der Waals surface area contributed by atoms with E-state index in [0.717, 1.165) is 5.56 Å². The highest BCUT2D eigenvalue weighted by Crippen LogP contribution is 2.22. The maximum absolute atomic E-state index is 12.8. The Morgan fingerprint density at radius 3 is 2.30 bits per heavy atom. The summed E-state index contributed by atoms with van der Waals surface area (Å²) in [4.78, 5) is 12.2. The summed E-state index contributed by atoms with van der Waals surface area (Å²) in [5.74, 6) is 0.148. The molecule has 0 saturated carbocycles. The second-order valence-electron chi connectivity index (χ2n) is 6.64. The number of rotatable bonds is 7. The van der Waals surface area contributed by atoms with Gasteiger partial charge < -0.3 is 10.1 Å². The zero-order chi connectivity index (χ0) is 20.2. The predicted molar refractivity (Wildman–Crippen MR) is 106 cm³/mol. The molecule has 6 nitrogen and oxygen atoms in total. The predicted octanol–water partition coefficient (Wildman–Crippen LogP) is 2.72. The van der Waals surface area contributed by atoms with Gasteiger partial charge in [0, 0.05) is 7.05 Å². The average molecular weight is 391 g/mol. The zero-order valence-corrected chi connectivity index (χ0v) is 17.1. The van der Waals surface area contributed by atoms with Crippen molar-refractivity contribution in [3.8, 4) is 5.75 Å². The quantitative estimate of drug-likeness (QED) is 0.761. The van der Waals surface area contributed by atoms with Gasteiger partial charge >= 0.3 is 0 Å². The molecule has 2 aromatic carbocycles. The number of hydrogen-bond donors (Lipinski definition) is 2. The number of amides is 1. The molecule has 0 fully saturated rings. The minimum absolute atomic E-state index is 0.0944. The van der Waals surface area contributed by atoms with Gasteiger partial charge in [0.2, 0.25) is 10.0 Å². The van der Waals surface area contributed by atoms with E-state index in [1.54, 1.807) is 52.1 Å². The van der Waals surface area contributed by atoms with Crippen LogP contribution in [-0.4, -0.2) is 34.0 Å². The molecule has 0 heterocycles. The van der Waals surface area contributed by atoms with Crippen molar-refractivity contribution in [3.63, 3.8) is 0 Å². The maximum Gasteiger partial charge on any atom is 0.254 e. The summed E-state index contributed by atoms with van der Waals surface area (Å²) in [5, 5.41) is 2.56. The number of carbonyl (C=O) groups is 1. The van der Waals surface area contributed by atoms with Crippen LogP contribution in [0.5, 0.6) is 5.75 Å². The Kier molecular flexibility index (Phi) is 6.62. The number of aryl methyl sites for hydroxylation is 3. The summed E-state index contributed by atoms with van der Waals surface area (Å²) in [6, 6.07) is 10.1. The number of ether oxygens (including phenoxy) is 1. The fourth-order valence-corrected chi connectivity index (χ4v) is 4.76. The molecule has 7 heteroatoms. The molecule has 0 radical (unpaired) electrons. The summed E-state index contributed by atoms with van der Waals surface area (Å²) in [6.45, 7) is 7.32. The number of sulfonamides is 1. The third-order valence-electron chi connectivity index (χ3n) is 4.08. The Bertz CT molecular complexity index is 916. The Labute approximate surface area is 161 Å². The normalized spacial score (nSPS) is 12.5. The van der Waals surface area contributed by atoms with Crippen molar-refractivity contribution in [2.75, 3.05) is 13.7 Å². The second kappa shape index (κ2) is 8.54. The van der Waals surface area contributed by atoms with Gasteiger partial charge in [-0.2, -0.15) is 0 Å². The van der Waals surface area contributed by atoms with Crippen molar-refractivity contribution in [2.24, 2.45) is 0 Å². The molecule has 2 aromatic rings. The molecular weight excluding hydrogens is 364 g/mol. The molecule has 0 bridgehead atoms. The minimum Gasteiger partial charge on any atom is -0.491 e. The van der Waals surface area contributed by atoms with E-state index in [-0.39, 0.29) is 12.5 Å². The van der Waals surface area contributed by atoms with Crippen LogP contribution in [0.4, 0.5) is 0 Å². The van der Waals surface area contributed by atoms with Gasteiger partial charge in [0.1, 0.15) is 12.4 Å². The van der Waals surface area contributed by atoms with Crippen LogP contribution in [0.15, 0.2) is 41.3 Å². The molecule has 0 aliphatic heterocycles. The monoisotopic (exact) mass is 390 g/mol. The smallest absolute Gasteiger partial charge is 0.254 e. The Hall–Kier alpha value is -2.38. The molecule has 0 spiro atoms. The van der Waals surface area contributed by atoms with E-state index in [9.17, 15) is 13.2 Å². The standard InChI is InChI=1S/C20H26N2O4S/c1-13-10-14(2)19(15(3)11-13)27(24,25)22-16(4)12-26-18-9-7-6-8-17(18)20(23)21-5/h6-11,16,22H,12H2,1-5H3,(H,21,23). The van der Waals surface area contributed by atoms with Gasteiger partial charge in [-0.1, -0.05) is 29.8 Å². The Morgan fingerprint density at radius 2 is 1.70 bits per heavy atom. The van der Waals surface area contributed by atoms with Gasteiger partial charge in [-0.3, -0.25) is 4.79 Å². The molecule has 0 saturated heterocycles. The van der Waals surface area contributed by atoms with Crippen LogP contribution in [0.2, 0.25) is 0 Å². The maximum atomic E-state index is 12.8. The highest BCUT2D eigenvalue weighted by Gasteiger charge is 2.22. The zero-order valence-electron chi connectivity index (χ0n) is 16.3. The van der Waals surface area contributed by atoms with E-state index < -0.39 is 16.1 Å². The van der Waals surface area contributed by atoms with Crippen molar-refractivity contribution in [1.82, 2.24) is 10.0 Å². The van der Waals surface area contributed by atoms with Crippen molar-refractivity contribution in [3.05, 3.63) is 58.7 Å². The first-order valence-electron chi connectivity index (χ1n) is 8.69. The van der Waals surface area contributed by atoms with Gasteiger partial charge in [-0.15, -0.1) is 0 Å². The van der Waals surface area contributed by atoms with Gasteiger partial charge in [0.05, 0.1) is 16.5 Å². The van der Waals surface area contributed by atoms with Crippen LogP contribution in [0.1, 0.15) is 34.0 Å². The summed E-state index contributed by atoms with van der Waals surface area (Å²) >= 11 is 0. The number of hydrogen-bond acceptors (Lipinski definition) is 4. The molecule has 2 rings (SSSR count). The third kappa shape index (κ3) is 5.08. The van der Waals surface area contributed by atoms with E-state index in [4.69, 9.17) is 4.74 Å². The lowest BCUT2D eigenvalue weighted by atomic mass is 10.1. The van der Waals surface area contributed by atoms with Crippen LogP contribution in [0.25, 0.3) is 0 Å². The van der Waals surface area contributed by atoms with E-state index in [2.05, 4.69) is 10.0 Å².